The van der Waals surface area contributed by atoms with E-state index in [2.05, 4.69) is 0 Å². The van der Waals surface area contributed by atoms with Gasteiger partial charge >= 0.3 is 23.9 Å². The molecule has 0 saturated carbocycles. The molecule has 0 nitrogen and oxygen atoms in total. The summed E-state index contributed by atoms with van der Waals surface area (Å²) in [6.07, 6.45) is -9.11. The Kier molecular flexibility index (Phi) is 5.26. The van der Waals surface area contributed by atoms with E-state index >= 15 is 0 Å². The summed E-state index contributed by atoms with van der Waals surface area (Å²) in [6.45, 7) is 1.33. The van der Waals surface area contributed by atoms with Crippen molar-refractivity contribution in [3.63, 3.8) is 0 Å². The maximum Gasteiger partial charge on any atom is 0.460 e. The van der Waals surface area contributed by atoms with Crippen molar-refractivity contribution in [3.8, 4) is 0 Å². The van der Waals surface area contributed by atoms with Gasteiger partial charge in [-0.05, 0) is 6.42 Å². The molecule has 0 aromatic heterocycles. The average molecular weight is 402 g/mol. The normalized spacial score (nSPS) is 16.8. The van der Waals surface area contributed by atoms with Gasteiger partial charge in [0.15, 0.2) is 0 Å². The first kappa shape index (κ1) is 18.1. The molecule has 0 radical (unpaired) electrons. The molecule has 0 aliphatic carbocycles. The molecule has 0 aromatic carbocycles. The van der Waals surface area contributed by atoms with E-state index in [-0.39, 0.29) is 0 Å². The van der Waals surface area contributed by atoms with Crippen LogP contribution in [0, 0.1) is 0 Å². The Morgan fingerprint density at radius 1 is 0.833 bits per heavy atom. The molecule has 0 aromatic rings. The Labute approximate surface area is 110 Å². The second kappa shape index (κ2) is 5.23. The van der Waals surface area contributed by atoms with Crippen LogP contribution in [-0.2, 0) is 0 Å². The van der Waals surface area contributed by atoms with E-state index in [4.69, 9.17) is 0 Å². The van der Waals surface area contributed by atoms with Gasteiger partial charge in [-0.25, -0.2) is 0 Å². The van der Waals surface area contributed by atoms with E-state index in [0.29, 0.717) is 0 Å². The molecule has 1 atom stereocenters. The van der Waals surface area contributed by atoms with Gasteiger partial charge in [-0.15, -0.1) is 0 Å². The molecule has 0 fully saturated rings. The van der Waals surface area contributed by atoms with E-state index in [1.165, 1.54) is 6.92 Å². The molecule has 0 spiro atoms. The highest BCUT2D eigenvalue weighted by atomic mass is 127. The first-order chi connectivity index (χ1) is 7.67. The van der Waals surface area contributed by atoms with Crippen molar-refractivity contribution in [2.45, 2.75) is 47.6 Å². The standard InChI is InChI=1S/C8H8F9I/c1-4(18)2-3-5(9,10)6(11,12)7(13,14)8(15,16)17/h4H,2-3H2,1H3. The maximum atomic E-state index is 12.9. The molecule has 0 saturated heterocycles. The van der Waals surface area contributed by atoms with Crippen LogP contribution in [-0.4, -0.2) is 27.9 Å². The minimum atomic E-state index is -6.78. The summed E-state index contributed by atoms with van der Waals surface area (Å²) in [5.41, 5.74) is 0. The van der Waals surface area contributed by atoms with E-state index < -0.39 is 40.7 Å². The lowest BCUT2D eigenvalue weighted by atomic mass is 9.99. The summed E-state index contributed by atoms with van der Waals surface area (Å²) in [5.74, 6) is -18.7. The highest BCUT2D eigenvalue weighted by Gasteiger charge is 2.81. The molecule has 0 amide bonds. The van der Waals surface area contributed by atoms with Gasteiger partial charge < -0.3 is 0 Å². The summed E-state index contributed by atoms with van der Waals surface area (Å²) in [6, 6.07) is 0. The van der Waals surface area contributed by atoms with Gasteiger partial charge in [0, 0.05) is 10.3 Å². The highest BCUT2D eigenvalue weighted by Crippen LogP contribution is 2.54. The Morgan fingerprint density at radius 3 is 1.50 bits per heavy atom. The number of halogens is 10. The predicted molar refractivity (Wildman–Crippen MR) is 53.6 cm³/mol. The lowest BCUT2D eigenvalue weighted by Crippen LogP contribution is -2.60. The fraction of sp³-hybridized carbons (Fsp3) is 1.00. The zero-order valence-corrected chi connectivity index (χ0v) is 10.9. The van der Waals surface area contributed by atoms with Crippen molar-refractivity contribution >= 4 is 22.6 Å². The highest BCUT2D eigenvalue weighted by molar-refractivity contribution is 14.1. The predicted octanol–water partition coefficient (Wildman–Crippen LogP) is 5.06. The summed E-state index contributed by atoms with van der Waals surface area (Å²) in [5, 5.41) is 0. The lowest BCUT2D eigenvalue weighted by molar-refractivity contribution is -0.396. The molecule has 110 valence electrons. The second-order valence-electron chi connectivity index (χ2n) is 3.67. The van der Waals surface area contributed by atoms with Crippen LogP contribution in [0.5, 0.6) is 0 Å². The van der Waals surface area contributed by atoms with Gasteiger partial charge in [-0.1, -0.05) is 29.5 Å². The summed E-state index contributed by atoms with van der Waals surface area (Å²) < 4.78 is 110. The minimum absolute atomic E-state index is 0.566. The quantitative estimate of drug-likeness (QED) is 0.343. The van der Waals surface area contributed by atoms with Crippen molar-refractivity contribution in [1.82, 2.24) is 0 Å². The van der Waals surface area contributed by atoms with Gasteiger partial charge in [0.05, 0.1) is 0 Å². The summed E-state index contributed by atoms with van der Waals surface area (Å²) in [4.78, 5) is 0. The Morgan fingerprint density at radius 2 is 1.22 bits per heavy atom. The SMILES string of the molecule is CC(I)CCC(F)(F)C(F)(F)C(F)(F)C(F)(F)F. The molecule has 10 heteroatoms. The maximum absolute atomic E-state index is 12.9. The van der Waals surface area contributed by atoms with Crippen molar-refractivity contribution in [2.75, 3.05) is 0 Å². The zero-order chi connectivity index (χ0) is 15.0. The molecule has 0 N–H and O–H groups in total. The monoisotopic (exact) mass is 402 g/mol. The van der Waals surface area contributed by atoms with Crippen molar-refractivity contribution in [2.24, 2.45) is 0 Å². The Balaban J connectivity index is 5.23. The third kappa shape index (κ3) is 3.35. The van der Waals surface area contributed by atoms with Crippen molar-refractivity contribution in [3.05, 3.63) is 0 Å². The number of hydrogen-bond acceptors (Lipinski definition) is 0. The van der Waals surface area contributed by atoms with Crippen LogP contribution < -0.4 is 0 Å². The van der Waals surface area contributed by atoms with Crippen LogP contribution in [0.4, 0.5) is 39.5 Å². The Hall–Kier alpha value is 0.1000. The molecule has 0 heterocycles. The van der Waals surface area contributed by atoms with Gasteiger partial charge in [0.1, 0.15) is 0 Å². The van der Waals surface area contributed by atoms with Crippen LogP contribution >= 0.6 is 22.6 Å². The molecular weight excluding hydrogens is 394 g/mol. The van der Waals surface area contributed by atoms with E-state index in [0.717, 1.165) is 0 Å². The van der Waals surface area contributed by atoms with Crippen LogP contribution in [0.15, 0.2) is 0 Å². The summed E-state index contributed by atoms with van der Waals surface area (Å²) in [7, 11) is 0. The van der Waals surface area contributed by atoms with Crippen LogP contribution in [0.3, 0.4) is 0 Å². The fourth-order valence-electron chi connectivity index (χ4n) is 0.945. The average Bonchev–Trinajstić information content (AvgIpc) is 2.12. The van der Waals surface area contributed by atoms with E-state index in [9.17, 15) is 39.5 Å². The number of alkyl halides is 10. The van der Waals surface area contributed by atoms with Gasteiger partial charge in [0.25, 0.3) is 0 Å². The largest absolute Gasteiger partial charge is 0.460 e. The third-order valence-electron chi connectivity index (χ3n) is 2.07. The van der Waals surface area contributed by atoms with Crippen LogP contribution in [0.1, 0.15) is 19.8 Å². The zero-order valence-electron chi connectivity index (χ0n) is 8.77. The Bertz CT molecular complexity index is 281. The number of rotatable bonds is 5. The molecule has 0 aliphatic heterocycles. The molecule has 1 unspecified atom stereocenters. The minimum Gasteiger partial charge on any atom is -0.200 e. The second-order valence-corrected chi connectivity index (χ2v) is 5.80. The molecular formula is C8H8F9I. The molecule has 0 rings (SSSR count). The van der Waals surface area contributed by atoms with Gasteiger partial charge in [-0.3, -0.25) is 0 Å². The topological polar surface area (TPSA) is 0 Å². The molecule has 0 bridgehead atoms. The fourth-order valence-corrected chi connectivity index (χ4v) is 1.26. The molecule has 18 heavy (non-hydrogen) atoms. The lowest BCUT2D eigenvalue weighted by Gasteiger charge is -2.33. The van der Waals surface area contributed by atoms with Crippen LogP contribution in [0.2, 0.25) is 0 Å². The van der Waals surface area contributed by atoms with Crippen molar-refractivity contribution in [1.29, 1.82) is 0 Å². The van der Waals surface area contributed by atoms with Gasteiger partial charge in [0.2, 0.25) is 0 Å². The van der Waals surface area contributed by atoms with Crippen molar-refractivity contribution < 1.29 is 39.5 Å². The smallest absolute Gasteiger partial charge is 0.200 e. The van der Waals surface area contributed by atoms with E-state index in [1.54, 1.807) is 22.6 Å². The van der Waals surface area contributed by atoms with Crippen LogP contribution in [0.25, 0.3) is 0 Å². The third-order valence-corrected chi connectivity index (χ3v) is 2.69. The van der Waals surface area contributed by atoms with E-state index in [1.807, 2.05) is 0 Å². The first-order valence-corrected chi connectivity index (χ1v) is 5.75. The summed E-state index contributed by atoms with van der Waals surface area (Å²) >= 11 is 1.56. The first-order valence-electron chi connectivity index (χ1n) is 4.51. The molecule has 0 aliphatic rings. The van der Waals surface area contributed by atoms with Gasteiger partial charge in [-0.2, -0.15) is 39.5 Å². The number of hydrogen-bond donors (Lipinski definition) is 0.